The molecule has 0 bridgehead atoms. The molecule has 1 N–H and O–H groups in total. The molecule has 0 aromatic heterocycles. The fourth-order valence-corrected chi connectivity index (χ4v) is 3.13. The van der Waals surface area contributed by atoms with Crippen LogP contribution in [0.2, 0.25) is 0 Å². The summed E-state index contributed by atoms with van der Waals surface area (Å²) in [6, 6.07) is 0.305. The number of carbonyl (C=O) groups excluding carboxylic acids is 1. The molecule has 17 heavy (non-hydrogen) atoms. The molecule has 2 aliphatic rings. The topological polar surface area (TPSA) is 41.6 Å². The Balaban J connectivity index is 1.86. The summed E-state index contributed by atoms with van der Waals surface area (Å²) in [5.74, 6) is 1.38. The molecule has 0 radical (unpaired) electrons. The molecular formula is C13H24N2O2. The first kappa shape index (κ1) is 12.7. The summed E-state index contributed by atoms with van der Waals surface area (Å²) in [5.41, 5.74) is -0.408. The lowest BCUT2D eigenvalue weighted by molar-refractivity contribution is 0.0491. The van der Waals surface area contributed by atoms with Crippen molar-refractivity contribution in [2.75, 3.05) is 20.1 Å². The smallest absolute Gasteiger partial charge is 0.407 e. The first-order valence-corrected chi connectivity index (χ1v) is 6.53. The van der Waals surface area contributed by atoms with Crippen LogP contribution in [0, 0.1) is 11.8 Å². The zero-order valence-electron chi connectivity index (χ0n) is 11.3. The van der Waals surface area contributed by atoms with Gasteiger partial charge >= 0.3 is 6.09 Å². The maximum Gasteiger partial charge on any atom is 0.407 e. The Kier molecular flexibility index (Phi) is 3.34. The number of nitrogens with one attached hydrogen (secondary N) is 1. The molecule has 3 unspecified atom stereocenters. The summed E-state index contributed by atoms with van der Waals surface area (Å²) in [6.07, 6.45) is 2.07. The number of ether oxygens (including phenoxy) is 1. The molecule has 1 saturated carbocycles. The Hall–Kier alpha value is -0.770. The van der Waals surface area contributed by atoms with Gasteiger partial charge in [0.05, 0.1) is 0 Å². The number of fused-ring (bicyclic) bond motifs is 1. The second-order valence-electron chi connectivity index (χ2n) is 6.48. The molecule has 0 spiro atoms. The normalized spacial score (nSPS) is 33.5. The minimum atomic E-state index is -0.408. The van der Waals surface area contributed by atoms with Crippen LogP contribution in [0.1, 0.15) is 33.6 Å². The summed E-state index contributed by atoms with van der Waals surface area (Å²) < 4.78 is 5.31. The van der Waals surface area contributed by atoms with Crippen LogP contribution >= 0.6 is 0 Å². The lowest BCUT2D eigenvalue weighted by atomic mass is 9.98. The van der Waals surface area contributed by atoms with Gasteiger partial charge in [0.1, 0.15) is 5.60 Å². The van der Waals surface area contributed by atoms with E-state index in [0.29, 0.717) is 12.0 Å². The van der Waals surface area contributed by atoms with Crippen molar-refractivity contribution in [2.45, 2.75) is 45.3 Å². The predicted molar refractivity (Wildman–Crippen MR) is 66.9 cm³/mol. The van der Waals surface area contributed by atoms with Gasteiger partial charge in [0, 0.05) is 19.1 Å². The largest absolute Gasteiger partial charge is 0.444 e. The van der Waals surface area contributed by atoms with Crippen LogP contribution in [-0.4, -0.2) is 42.8 Å². The van der Waals surface area contributed by atoms with Crippen molar-refractivity contribution in [3.8, 4) is 0 Å². The number of carbonyl (C=O) groups is 1. The lowest BCUT2D eigenvalue weighted by Gasteiger charge is -2.24. The van der Waals surface area contributed by atoms with Crippen LogP contribution in [0.4, 0.5) is 4.79 Å². The SMILES string of the molecule is CN1CC2CCC(NC(=O)OC(C)(C)C)C2C1. The molecular weight excluding hydrogens is 216 g/mol. The highest BCUT2D eigenvalue weighted by Gasteiger charge is 2.42. The third-order valence-corrected chi connectivity index (χ3v) is 3.74. The van der Waals surface area contributed by atoms with Crippen molar-refractivity contribution in [3.05, 3.63) is 0 Å². The molecule has 2 rings (SSSR count). The third-order valence-electron chi connectivity index (χ3n) is 3.74. The molecule has 98 valence electrons. The lowest BCUT2D eigenvalue weighted by Crippen LogP contribution is -2.42. The molecule has 4 nitrogen and oxygen atoms in total. The first-order chi connectivity index (χ1) is 7.85. The average molecular weight is 240 g/mol. The second-order valence-corrected chi connectivity index (χ2v) is 6.48. The van der Waals surface area contributed by atoms with Gasteiger partial charge < -0.3 is 15.0 Å². The van der Waals surface area contributed by atoms with Gasteiger partial charge in [-0.25, -0.2) is 4.79 Å². The van der Waals surface area contributed by atoms with E-state index in [0.717, 1.165) is 18.9 Å². The number of hydrogen-bond donors (Lipinski definition) is 1. The monoisotopic (exact) mass is 240 g/mol. The Morgan fingerprint density at radius 1 is 1.29 bits per heavy atom. The van der Waals surface area contributed by atoms with Crippen LogP contribution < -0.4 is 5.32 Å². The minimum Gasteiger partial charge on any atom is -0.444 e. The summed E-state index contributed by atoms with van der Waals surface area (Å²) >= 11 is 0. The molecule has 1 aliphatic carbocycles. The van der Waals surface area contributed by atoms with Crippen molar-refractivity contribution in [3.63, 3.8) is 0 Å². The maximum atomic E-state index is 11.7. The molecule has 0 aromatic rings. The summed E-state index contributed by atoms with van der Waals surface area (Å²) in [6.45, 7) is 7.97. The molecule has 2 fully saturated rings. The standard InChI is InChI=1S/C13H24N2O2/c1-13(2,3)17-12(16)14-11-6-5-9-7-15(4)8-10(9)11/h9-11H,5-8H2,1-4H3,(H,14,16). The van der Waals surface area contributed by atoms with Crippen molar-refractivity contribution in [1.29, 1.82) is 0 Å². The molecule has 1 aliphatic heterocycles. The summed E-state index contributed by atoms with van der Waals surface area (Å²) in [7, 11) is 2.16. The number of hydrogen-bond acceptors (Lipinski definition) is 3. The van der Waals surface area contributed by atoms with Crippen molar-refractivity contribution < 1.29 is 9.53 Å². The van der Waals surface area contributed by atoms with Gasteiger partial charge in [-0.1, -0.05) is 0 Å². The number of alkyl carbamates (subject to hydrolysis) is 1. The zero-order chi connectivity index (χ0) is 12.6. The molecule has 4 heteroatoms. The Labute approximate surface area is 104 Å². The van der Waals surface area contributed by atoms with Gasteiger partial charge in [-0.3, -0.25) is 0 Å². The van der Waals surface area contributed by atoms with E-state index in [1.165, 1.54) is 13.0 Å². The van der Waals surface area contributed by atoms with Crippen molar-refractivity contribution in [2.24, 2.45) is 11.8 Å². The number of amides is 1. The fourth-order valence-electron chi connectivity index (χ4n) is 3.13. The molecule has 1 amide bonds. The van der Waals surface area contributed by atoms with E-state index >= 15 is 0 Å². The van der Waals surface area contributed by atoms with Gasteiger partial charge in [-0.15, -0.1) is 0 Å². The molecule has 0 aromatic carbocycles. The number of likely N-dealkylation sites (tertiary alicyclic amines) is 1. The third kappa shape index (κ3) is 3.12. The summed E-state index contributed by atoms with van der Waals surface area (Å²) in [5, 5.41) is 3.04. The first-order valence-electron chi connectivity index (χ1n) is 6.53. The van der Waals surface area contributed by atoms with Crippen LogP contribution in [0.15, 0.2) is 0 Å². The Morgan fingerprint density at radius 2 is 2.00 bits per heavy atom. The van der Waals surface area contributed by atoms with Gasteiger partial charge in [0.25, 0.3) is 0 Å². The van der Waals surface area contributed by atoms with Crippen molar-refractivity contribution >= 4 is 6.09 Å². The van der Waals surface area contributed by atoms with E-state index in [-0.39, 0.29) is 6.09 Å². The fraction of sp³-hybridized carbons (Fsp3) is 0.923. The molecule has 3 atom stereocenters. The van der Waals surface area contributed by atoms with E-state index in [1.54, 1.807) is 0 Å². The Bertz CT molecular complexity index is 298. The zero-order valence-corrected chi connectivity index (χ0v) is 11.3. The predicted octanol–water partition coefficient (Wildman–Crippen LogP) is 1.85. The van der Waals surface area contributed by atoms with E-state index < -0.39 is 5.60 Å². The molecule has 1 saturated heterocycles. The minimum absolute atomic E-state index is 0.266. The highest BCUT2D eigenvalue weighted by molar-refractivity contribution is 5.68. The molecule has 1 heterocycles. The van der Waals surface area contributed by atoms with Crippen LogP contribution in [0.3, 0.4) is 0 Å². The highest BCUT2D eigenvalue weighted by Crippen LogP contribution is 2.37. The van der Waals surface area contributed by atoms with E-state index in [2.05, 4.69) is 17.3 Å². The van der Waals surface area contributed by atoms with E-state index in [1.807, 2.05) is 20.8 Å². The van der Waals surface area contributed by atoms with E-state index in [4.69, 9.17) is 4.74 Å². The number of nitrogens with zero attached hydrogens (tertiary/aromatic N) is 1. The van der Waals surface area contributed by atoms with Crippen LogP contribution in [-0.2, 0) is 4.74 Å². The van der Waals surface area contributed by atoms with Crippen LogP contribution in [0.25, 0.3) is 0 Å². The maximum absolute atomic E-state index is 11.7. The highest BCUT2D eigenvalue weighted by atomic mass is 16.6. The quantitative estimate of drug-likeness (QED) is 0.760. The van der Waals surface area contributed by atoms with E-state index in [9.17, 15) is 4.79 Å². The second kappa shape index (κ2) is 4.48. The van der Waals surface area contributed by atoms with Crippen molar-refractivity contribution in [1.82, 2.24) is 10.2 Å². The van der Waals surface area contributed by atoms with Gasteiger partial charge in [0.15, 0.2) is 0 Å². The van der Waals surface area contributed by atoms with Gasteiger partial charge in [-0.05, 0) is 52.5 Å². The number of rotatable bonds is 1. The Morgan fingerprint density at radius 3 is 2.65 bits per heavy atom. The average Bonchev–Trinajstić information content (AvgIpc) is 2.63. The summed E-state index contributed by atoms with van der Waals surface area (Å²) in [4.78, 5) is 14.1. The van der Waals surface area contributed by atoms with Gasteiger partial charge in [0.2, 0.25) is 0 Å². The van der Waals surface area contributed by atoms with Crippen LogP contribution in [0.5, 0.6) is 0 Å². The van der Waals surface area contributed by atoms with Gasteiger partial charge in [-0.2, -0.15) is 0 Å².